The number of H-pyrrole nitrogens is 1. The quantitative estimate of drug-likeness (QED) is 0.466. The second-order valence-electron chi connectivity index (χ2n) is 7.25. The van der Waals surface area contributed by atoms with Crippen LogP contribution in [0.3, 0.4) is 0 Å². The molecule has 0 bridgehead atoms. The van der Waals surface area contributed by atoms with Crippen molar-refractivity contribution in [3.63, 3.8) is 0 Å². The molecule has 1 aromatic carbocycles. The summed E-state index contributed by atoms with van der Waals surface area (Å²) in [5, 5.41) is 12.3. The van der Waals surface area contributed by atoms with Gasteiger partial charge in [0.1, 0.15) is 5.52 Å². The molecule has 1 fully saturated rings. The van der Waals surface area contributed by atoms with Crippen LogP contribution in [0.2, 0.25) is 0 Å². The molecule has 0 amide bonds. The number of hydrogen-bond acceptors (Lipinski definition) is 7. The van der Waals surface area contributed by atoms with Crippen LogP contribution in [0, 0.1) is 11.3 Å². The number of piperidine rings is 1. The summed E-state index contributed by atoms with van der Waals surface area (Å²) in [6.45, 7) is 3.04. The lowest BCUT2D eigenvalue weighted by atomic mass is 9.95. The molecule has 0 aliphatic carbocycles. The van der Waals surface area contributed by atoms with E-state index in [1.807, 2.05) is 12.1 Å². The number of nitrogens with one attached hydrogen (secondary N) is 3. The molecule has 1 aliphatic heterocycles. The Kier molecular flexibility index (Phi) is 6.64. The van der Waals surface area contributed by atoms with Crippen LogP contribution in [-0.4, -0.2) is 46.8 Å². The van der Waals surface area contributed by atoms with Crippen molar-refractivity contribution in [1.29, 1.82) is 5.41 Å². The smallest absolute Gasteiger partial charge is 0.173 e. The minimum absolute atomic E-state index is 0.203. The van der Waals surface area contributed by atoms with Crippen LogP contribution in [0.5, 0.6) is 11.5 Å². The van der Waals surface area contributed by atoms with Crippen LogP contribution in [0.15, 0.2) is 33.0 Å². The summed E-state index contributed by atoms with van der Waals surface area (Å²) in [5.74, 6) is 2.03. The lowest BCUT2D eigenvalue weighted by Crippen LogP contribution is -2.28. The summed E-state index contributed by atoms with van der Waals surface area (Å²) in [7, 11) is 3.23. The standard InChI is InChI=1S/C20H25BrN6O2S/c1-28-14-9-13(21)16(10-15(14)29-2)30-20-25-17-18(22)24-11-27(19(17)26-20)8-5-12-3-6-23-7-4-12/h9-12,22-23H,3-8H2,1-2H3,(H,25,26). The molecule has 0 saturated carbocycles. The van der Waals surface area contributed by atoms with Crippen molar-refractivity contribution in [1.82, 2.24) is 24.8 Å². The summed E-state index contributed by atoms with van der Waals surface area (Å²) in [5.41, 5.74) is 1.62. The first-order valence-electron chi connectivity index (χ1n) is 9.89. The highest BCUT2D eigenvalue weighted by Gasteiger charge is 2.16. The van der Waals surface area contributed by atoms with Gasteiger partial charge in [-0.15, -0.1) is 0 Å². The SMILES string of the molecule is COc1cc(Br)c(Sc2nc3c([nH]2)c(=N)ncn3CCC2CCNCC2)cc1OC. The second-order valence-corrected chi connectivity index (χ2v) is 9.13. The molecule has 4 rings (SSSR count). The van der Waals surface area contributed by atoms with Crippen LogP contribution >= 0.6 is 27.7 Å². The molecule has 0 spiro atoms. The van der Waals surface area contributed by atoms with Gasteiger partial charge in [0, 0.05) is 15.9 Å². The molecule has 0 radical (unpaired) electrons. The molecular formula is C20H25BrN6O2S. The Bertz CT molecular complexity index is 1090. The van der Waals surface area contributed by atoms with Gasteiger partial charge in [0.15, 0.2) is 27.8 Å². The fourth-order valence-corrected chi connectivity index (χ4v) is 5.07. The first-order valence-corrected chi connectivity index (χ1v) is 11.5. The normalized spacial score (nSPS) is 14.9. The number of ether oxygens (including phenoxy) is 2. The van der Waals surface area contributed by atoms with E-state index in [4.69, 9.17) is 19.9 Å². The molecule has 3 N–H and O–H groups in total. The van der Waals surface area contributed by atoms with E-state index in [-0.39, 0.29) is 5.49 Å². The zero-order valence-corrected chi connectivity index (χ0v) is 19.4. The van der Waals surface area contributed by atoms with Gasteiger partial charge in [0.05, 0.1) is 20.5 Å². The molecular weight excluding hydrogens is 468 g/mol. The van der Waals surface area contributed by atoms with Crippen molar-refractivity contribution in [2.45, 2.75) is 35.9 Å². The number of aromatic amines is 1. The molecule has 10 heteroatoms. The monoisotopic (exact) mass is 492 g/mol. The number of hydrogen-bond donors (Lipinski definition) is 3. The van der Waals surface area contributed by atoms with E-state index in [2.05, 4.69) is 35.8 Å². The van der Waals surface area contributed by atoms with E-state index in [1.165, 1.54) is 24.6 Å². The third-order valence-electron chi connectivity index (χ3n) is 5.38. The summed E-state index contributed by atoms with van der Waals surface area (Å²) in [6, 6.07) is 3.78. The fraction of sp³-hybridized carbons (Fsp3) is 0.450. The van der Waals surface area contributed by atoms with Crippen molar-refractivity contribution in [3.8, 4) is 11.5 Å². The van der Waals surface area contributed by atoms with Crippen LogP contribution < -0.4 is 20.3 Å². The molecule has 2 aromatic heterocycles. The van der Waals surface area contributed by atoms with E-state index in [1.54, 1.807) is 20.5 Å². The van der Waals surface area contributed by atoms with Crippen molar-refractivity contribution in [2.75, 3.05) is 27.3 Å². The second kappa shape index (κ2) is 9.40. The van der Waals surface area contributed by atoms with Crippen molar-refractivity contribution in [2.24, 2.45) is 5.92 Å². The van der Waals surface area contributed by atoms with Gasteiger partial charge >= 0.3 is 0 Å². The minimum Gasteiger partial charge on any atom is -0.493 e. The van der Waals surface area contributed by atoms with Gasteiger partial charge < -0.3 is 24.3 Å². The number of methoxy groups -OCH3 is 2. The average Bonchev–Trinajstić information content (AvgIpc) is 3.20. The van der Waals surface area contributed by atoms with Gasteiger partial charge in [0.2, 0.25) is 0 Å². The van der Waals surface area contributed by atoms with Crippen LogP contribution in [0.25, 0.3) is 11.2 Å². The van der Waals surface area contributed by atoms with Gasteiger partial charge in [-0.3, -0.25) is 5.41 Å². The molecule has 3 heterocycles. The lowest BCUT2D eigenvalue weighted by molar-refractivity contribution is 0.338. The largest absolute Gasteiger partial charge is 0.493 e. The third kappa shape index (κ3) is 4.50. The summed E-state index contributed by atoms with van der Waals surface area (Å²) >= 11 is 5.06. The highest BCUT2D eigenvalue weighted by molar-refractivity contribution is 9.10. The number of halogens is 1. The number of nitrogens with zero attached hydrogens (tertiary/aromatic N) is 3. The molecule has 3 aromatic rings. The number of imidazole rings is 1. The van der Waals surface area contributed by atoms with E-state index >= 15 is 0 Å². The van der Waals surface area contributed by atoms with E-state index < -0.39 is 0 Å². The van der Waals surface area contributed by atoms with Crippen molar-refractivity contribution >= 4 is 38.9 Å². The van der Waals surface area contributed by atoms with Crippen LogP contribution in [0.1, 0.15) is 19.3 Å². The van der Waals surface area contributed by atoms with E-state index in [9.17, 15) is 0 Å². The maximum Gasteiger partial charge on any atom is 0.173 e. The van der Waals surface area contributed by atoms with Gasteiger partial charge in [-0.25, -0.2) is 9.97 Å². The molecule has 0 unspecified atom stereocenters. The van der Waals surface area contributed by atoms with E-state index in [0.29, 0.717) is 22.2 Å². The molecule has 160 valence electrons. The highest BCUT2D eigenvalue weighted by Crippen LogP contribution is 2.40. The first-order chi connectivity index (χ1) is 14.6. The van der Waals surface area contributed by atoms with Crippen LogP contribution in [-0.2, 0) is 6.54 Å². The molecule has 1 saturated heterocycles. The lowest BCUT2D eigenvalue weighted by Gasteiger charge is -2.22. The number of fused-ring (bicyclic) bond motifs is 1. The Morgan fingerprint density at radius 1 is 1.23 bits per heavy atom. The predicted octanol–water partition coefficient (Wildman–Crippen LogP) is 3.56. The maximum atomic E-state index is 8.18. The zero-order chi connectivity index (χ0) is 21.1. The van der Waals surface area contributed by atoms with E-state index in [0.717, 1.165) is 47.0 Å². The Morgan fingerprint density at radius 3 is 2.70 bits per heavy atom. The average molecular weight is 493 g/mol. The summed E-state index contributed by atoms with van der Waals surface area (Å²) in [6.07, 6.45) is 5.25. The summed E-state index contributed by atoms with van der Waals surface area (Å²) < 4.78 is 13.7. The zero-order valence-electron chi connectivity index (χ0n) is 17.0. The fourth-order valence-electron chi connectivity index (χ4n) is 3.68. The number of rotatable bonds is 7. The first kappa shape index (κ1) is 21.2. The van der Waals surface area contributed by atoms with Crippen molar-refractivity contribution < 1.29 is 9.47 Å². The van der Waals surface area contributed by atoms with Gasteiger partial charge in [-0.2, -0.15) is 0 Å². The maximum absolute atomic E-state index is 8.18. The Labute approximate surface area is 187 Å². The van der Waals surface area contributed by atoms with Gasteiger partial charge in [0.25, 0.3) is 0 Å². The molecule has 0 atom stereocenters. The Hall–Kier alpha value is -2.04. The Morgan fingerprint density at radius 2 is 1.97 bits per heavy atom. The number of aromatic nitrogens is 4. The Balaban J connectivity index is 1.60. The van der Waals surface area contributed by atoms with Crippen LogP contribution in [0.4, 0.5) is 0 Å². The number of aryl methyl sites for hydroxylation is 1. The third-order valence-corrected chi connectivity index (χ3v) is 7.24. The highest BCUT2D eigenvalue weighted by atomic mass is 79.9. The predicted molar refractivity (Wildman–Crippen MR) is 119 cm³/mol. The number of benzene rings is 1. The summed E-state index contributed by atoms with van der Waals surface area (Å²) in [4.78, 5) is 13.2. The van der Waals surface area contributed by atoms with Gasteiger partial charge in [-0.1, -0.05) is 11.8 Å². The van der Waals surface area contributed by atoms with Crippen molar-refractivity contribution in [3.05, 3.63) is 28.4 Å². The molecule has 8 nitrogen and oxygen atoms in total. The molecule has 30 heavy (non-hydrogen) atoms. The topological polar surface area (TPSA) is 101 Å². The molecule has 1 aliphatic rings. The van der Waals surface area contributed by atoms with Gasteiger partial charge in [-0.05, 0) is 66.3 Å². The minimum atomic E-state index is 0.203.